The number of carbonyl (C=O) groups excluding carboxylic acids is 1. The van der Waals surface area contributed by atoms with Gasteiger partial charge in [0.25, 0.3) is 5.91 Å². The monoisotopic (exact) mass is 484 g/mol. The molecule has 2 N–H and O–H groups in total. The van der Waals surface area contributed by atoms with Crippen LogP contribution in [-0.2, 0) is 4.74 Å². The summed E-state index contributed by atoms with van der Waals surface area (Å²) in [5, 5.41) is 13.4. The molecule has 3 saturated heterocycles. The zero-order valence-corrected chi connectivity index (χ0v) is 21.3. The molecule has 0 aromatic heterocycles. The third-order valence-corrected chi connectivity index (χ3v) is 8.97. The fourth-order valence-electron chi connectivity index (χ4n) is 6.75. The fourth-order valence-corrected chi connectivity index (χ4v) is 6.75. The molecule has 7 heteroatoms. The maximum atomic E-state index is 12.9. The third-order valence-electron chi connectivity index (χ3n) is 8.97. The van der Waals surface area contributed by atoms with Crippen LogP contribution in [0.1, 0.15) is 61.7 Å². The molecule has 1 aliphatic carbocycles. The molecule has 0 spiro atoms. The van der Waals surface area contributed by atoms with Crippen molar-refractivity contribution in [3.63, 3.8) is 0 Å². The van der Waals surface area contributed by atoms with Crippen molar-refractivity contribution in [1.29, 1.82) is 0 Å². The number of ether oxygens (including phenoxy) is 1. The SMILES string of the molecule is O=C(c1ccc(N2CCC(NCC3(N4CCOCC4)CCCC3)CC2)cc1)N1CCCC(CO)C1. The summed E-state index contributed by atoms with van der Waals surface area (Å²) in [6.07, 6.45) is 9.67. The molecule has 1 amide bonds. The van der Waals surface area contributed by atoms with Crippen molar-refractivity contribution in [2.24, 2.45) is 5.92 Å². The van der Waals surface area contributed by atoms with E-state index >= 15 is 0 Å². The number of anilines is 1. The predicted molar refractivity (Wildman–Crippen MR) is 139 cm³/mol. The largest absolute Gasteiger partial charge is 0.396 e. The number of piperidine rings is 2. The topological polar surface area (TPSA) is 68.3 Å². The Labute approximate surface area is 210 Å². The molecule has 1 unspecified atom stereocenters. The molecule has 194 valence electrons. The Morgan fingerprint density at radius 1 is 0.971 bits per heavy atom. The fraction of sp³-hybridized carbons (Fsp3) is 0.750. The van der Waals surface area contributed by atoms with Crippen LogP contribution < -0.4 is 10.2 Å². The first-order valence-electron chi connectivity index (χ1n) is 14.0. The molecule has 1 saturated carbocycles. The molecule has 35 heavy (non-hydrogen) atoms. The predicted octanol–water partition coefficient (Wildman–Crippen LogP) is 2.73. The highest BCUT2D eigenvalue weighted by Crippen LogP contribution is 2.35. The van der Waals surface area contributed by atoms with Crippen molar-refractivity contribution < 1.29 is 14.6 Å². The summed E-state index contributed by atoms with van der Waals surface area (Å²) >= 11 is 0. The molecule has 1 aromatic rings. The van der Waals surface area contributed by atoms with Crippen LogP contribution in [0.4, 0.5) is 5.69 Å². The van der Waals surface area contributed by atoms with E-state index in [9.17, 15) is 9.90 Å². The minimum atomic E-state index is 0.0960. The summed E-state index contributed by atoms with van der Waals surface area (Å²) in [4.78, 5) is 20.0. The molecule has 1 atom stereocenters. The van der Waals surface area contributed by atoms with Crippen LogP contribution in [0, 0.1) is 5.92 Å². The van der Waals surface area contributed by atoms with Crippen molar-refractivity contribution in [3.8, 4) is 0 Å². The highest BCUT2D eigenvalue weighted by Gasteiger charge is 2.40. The zero-order chi connectivity index (χ0) is 24.1. The van der Waals surface area contributed by atoms with Gasteiger partial charge in [-0.15, -0.1) is 0 Å². The molecular formula is C28H44N4O3. The summed E-state index contributed by atoms with van der Waals surface area (Å²) in [6.45, 7) is 8.78. The average molecular weight is 485 g/mol. The second-order valence-corrected chi connectivity index (χ2v) is 11.2. The Kier molecular flexibility index (Phi) is 8.28. The van der Waals surface area contributed by atoms with Crippen LogP contribution in [0.2, 0.25) is 0 Å². The summed E-state index contributed by atoms with van der Waals surface area (Å²) in [7, 11) is 0. The number of aliphatic hydroxyl groups is 1. The number of nitrogens with one attached hydrogen (secondary N) is 1. The molecule has 3 aliphatic heterocycles. The van der Waals surface area contributed by atoms with E-state index in [1.54, 1.807) is 0 Å². The molecular weight excluding hydrogens is 440 g/mol. The highest BCUT2D eigenvalue weighted by molar-refractivity contribution is 5.94. The smallest absolute Gasteiger partial charge is 0.253 e. The van der Waals surface area contributed by atoms with Gasteiger partial charge in [0.05, 0.1) is 13.2 Å². The number of likely N-dealkylation sites (tertiary alicyclic amines) is 1. The Bertz CT molecular complexity index is 812. The normalized spacial score (nSPS) is 26.3. The molecule has 0 bridgehead atoms. The first-order chi connectivity index (χ1) is 17.2. The van der Waals surface area contributed by atoms with E-state index < -0.39 is 0 Å². The van der Waals surface area contributed by atoms with Gasteiger partial charge in [0.15, 0.2) is 0 Å². The Morgan fingerprint density at radius 3 is 2.37 bits per heavy atom. The zero-order valence-electron chi connectivity index (χ0n) is 21.3. The first-order valence-corrected chi connectivity index (χ1v) is 14.0. The van der Waals surface area contributed by atoms with E-state index in [0.29, 0.717) is 18.1 Å². The number of carbonyl (C=O) groups is 1. The van der Waals surface area contributed by atoms with Gasteiger partial charge >= 0.3 is 0 Å². The molecule has 0 radical (unpaired) electrons. The van der Waals surface area contributed by atoms with Gasteiger partial charge < -0.3 is 25.0 Å². The summed E-state index contributed by atoms with van der Waals surface area (Å²) in [6, 6.07) is 8.78. The Balaban J connectivity index is 1.10. The highest BCUT2D eigenvalue weighted by atomic mass is 16.5. The number of aliphatic hydroxyl groups excluding tert-OH is 1. The number of hydrogen-bond acceptors (Lipinski definition) is 6. The lowest BCUT2D eigenvalue weighted by Gasteiger charge is -2.45. The standard InChI is InChI=1S/C28H44N4O3/c33-21-23-4-3-13-31(20-23)27(34)24-5-7-26(8-6-24)30-14-9-25(10-15-30)29-22-28(11-1-2-12-28)32-16-18-35-19-17-32/h5-8,23,25,29,33H,1-4,9-22H2. The number of amides is 1. The van der Waals surface area contributed by atoms with Gasteiger partial charge in [0.1, 0.15) is 0 Å². The van der Waals surface area contributed by atoms with Crippen LogP contribution in [0.5, 0.6) is 0 Å². The van der Waals surface area contributed by atoms with E-state index in [-0.39, 0.29) is 18.4 Å². The van der Waals surface area contributed by atoms with Gasteiger partial charge in [-0.2, -0.15) is 0 Å². The number of morpholine rings is 1. The van der Waals surface area contributed by atoms with Gasteiger partial charge in [-0.25, -0.2) is 0 Å². The molecule has 7 nitrogen and oxygen atoms in total. The number of benzene rings is 1. The number of hydrogen-bond donors (Lipinski definition) is 2. The second-order valence-electron chi connectivity index (χ2n) is 11.2. The molecule has 1 aromatic carbocycles. The maximum absolute atomic E-state index is 12.9. The lowest BCUT2D eigenvalue weighted by molar-refractivity contribution is -0.0214. The Morgan fingerprint density at radius 2 is 1.69 bits per heavy atom. The van der Waals surface area contributed by atoms with Crippen LogP contribution in [0.25, 0.3) is 0 Å². The van der Waals surface area contributed by atoms with Crippen molar-refractivity contribution in [2.75, 3.05) is 70.5 Å². The van der Waals surface area contributed by atoms with E-state index in [4.69, 9.17) is 4.74 Å². The van der Waals surface area contributed by atoms with Crippen LogP contribution in [0.15, 0.2) is 24.3 Å². The average Bonchev–Trinajstić information content (AvgIpc) is 3.43. The van der Waals surface area contributed by atoms with Crippen LogP contribution in [-0.4, -0.2) is 98.0 Å². The van der Waals surface area contributed by atoms with Crippen LogP contribution >= 0.6 is 0 Å². The van der Waals surface area contributed by atoms with E-state index in [0.717, 1.165) is 83.7 Å². The quantitative estimate of drug-likeness (QED) is 0.620. The maximum Gasteiger partial charge on any atom is 0.253 e. The molecule has 3 heterocycles. The van der Waals surface area contributed by atoms with Gasteiger partial charge in [0, 0.05) is 75.3 Å². The van der Waals surface area contributed by atoms with E-state index in [1.165, 1.54) is 31.4 Å². The van der Waals surface area contributed by atoms with Gasteiger partial charge in [-0.3, -0.25) is 9.69 Å². The van der Waals surface area contributed by atoms with Crippen LogP contribution in [0.3, 0.4) is 0 Å². The van der Waals surface area contributed by atoms with Crippen molar-refractivity contribution >= 4 is 11.6 Å². The molecule has 4 aliphatic rings. The van der Waals surface area contributed by atoms with Gasteiger partial charge in [0.2, 0.25) is 0 Å². The molecule has 4 fully saturated rings. The molecule has 5 rings (SSSR count). The van der Waals surface area contributed by atoms with Crippen molar-refractivity contribution in [1.82, 2.24) is 15.1 Å². The Hall–Kier alpha value is -1.67. The lowest BCUT2D eigenvalue weighted by Crippen LogP contribution is -2.58. The summed E-state index contributed by atoms with van der Waals surface area (Å²) < 4.78 is 5.61. The van der Waals surface area contributed by atoms with Crippen molar-refractivity contribution in [3.05, 3.63) is 29.8 Å². The van der Waals surface area contributed by atoms with Gasteiger partial charge in [-0.05, 0) is 68.7 Å². The van der Waals surface area contributed by atoms with Gasteiger partial charge in [-0.1, -0.05) is 12.8 Å². The first kappa shape index (κ1) is 25.0. The van der Waals surface area contributed by atoms with Crippen molar-refractivity contribution in [2.45, 2.75) is 62.9 Å². The van der Waals surface area contributed by atoms with E-state index in [2.05, 4.69) is 27.2 Å². The second kappa shape index (κ2) is 11.6. The number of nitrogens with zero attached hydrogens (tertiary/aromatic N) is 3. The summed E-state index contributed by atoms with van der Waals surface area (Å²) in [5.74, 6) is 0.318. The van der Waals surface area contributed by atoms with E-state index in [1.807, 2.05) is 17.0 Å². The lowest BCUT2D eigenvalue weighted by atomic mass is 9.93. The number of rotatable bonds is 7. The summed E-state index contributed by atoms with van der Waals surface area (Å²) in [5.41, 5.74) is 2.32. The minimum absolute atomic E-state index is 0.0960. The minimum Gasteiger partial charge on any atom is -0.396 e. The third kappa shape index (κ3) is 5.85.